The minimum atomic E-state index is -0.615. The molecule has 9 nitrogen and oxygen atoms in total. The predicted molar refractivity (Wildman–Crippen MR) is 72.1 cm³/mol. The summed E-state index contributed by atoms with van der Waals surface area (Å²) in [6.07, 6.45) is 3.09. The van der Waals surface area contributed by atoms with Crippen molar-refractivity contribution in [3.05, 3.63) is 46.3 Å². The summed E-state index contributed by atoms with van der Waals surface area (Å²) in [5.74, 6) is 4.71. The quantitative estimate of drug-likeness (QED) is 0.431. The monoisotopic (exact) mass is 276 g/mol. The van der Waals surface area contributed by atoms with Gasteiger partial charge in [0.2, 0.25) is 0 Å². The van der Waals surface area contributed by atoms with E-state index in [9.17, 15) is 14.9 Å². The molecule has 0 spiro atoms. The van der Waals surface area contributed by atoms with Crippen molar-refractivity contribution in [1.29, 1.82) is 0 Å². The number of benzene rings is 1. The number of aryl methyl sites for hydroxylation is 1. The Balaban J connectivity index is 2.26. The Hall–Kier alpha value is -2.94. The maximum absolute atomic E-state index is 12.0. The van der Waals surface area contributed by atoms with Crippen LogP contribution in [0.5, 0.6) is 0 Å². The van der Waals surface area contributed by atoms with Gasteiger partial charge in [-0.2, -0.15) is 5.10 Å². The molecule has 0 fully saturated rings. The van der Waals surface area contributed by atoms with Gasteiger partial charge in [0, 0.05) is 24.9 Å². The van der Waals surface area contributed by atoms with Crippen LogP contribution in [0.25, 0.3) is 0 Å². The van der Waals surface area contributed by atoms with E-state index in [0.29, 0.717) is 5.69 Å². The lowest BCUT2D eigenvalue weighted by molar-refractivity contribution is -0.384. The van der Waals surface area contributed by atoms with E-state index in [4.69, 9.17) is 5.84 Å². The number of hydrogen-bond donors (Lipinski definition) is 3. The lowest BCUT2D eigenvalue weighted by Crippen LogP contribution is -2.13. The molecule has 20 heavy (non-hydrogen) atoms. The number of carbonyl (C=O) groups excluding carboxylic acids is 1. The minimum absolute atomic E-state index is 0.132. The number of nitro benzene ring substituents is 1. The van der Waals surface area contributed by atoms with E-state index in [1.807, 2.05) is 0 Å². The Bertz CT molecular complexity index is 666. The summed E-state index contributed by atoms with van der Waals surface area (Å²) in [5.41, 5.74) is 2.72. The molecule has 1 aromatic carbocycles. The second-order valence-corrected chi connectivity index (χ2v) is 3.99. The SMILES string of the molecule is Cn1cc(NC(=O)c2ccc(NN)c([N+](=O)[O-])c2)cn1. The number of nitrogens with two attached hydrogens (primary N) is 1. The number of amides is 1. The fraction of sp³-hybridized carbons (Fsp3) is 0.0909. The largest absolute Gasteiger partial charge is 0.319 e. The number of nitro groups is 1. The summed E-state index contributed by atoms with van der Waals surface area (Å²) in [7, 11) is 1.71. The Kier molecular flexibility index (Phi) is 3.62. The van der Waals surface area contributed by atoms with Gasteiger partial charge in [0.05, 0.1) is 16.8 Å². The number of hydrogen-bond acceptors (Lipinski definition) is 6. The van der Waals surface area contributed by atoms with Gasteiger partial charge in [-0.15, -0.1) is 0 Å². The lowest BCUT2D eigenvalue weighted by atomic mass is 10.1. The summed E-state index contributed by atoms with van der Waals surface area (Å²) >= 11 is 0. The van der Waals surface area contributed by atoms with Crippen LogP contribution in [-0.2, 0) is 7.05 Å². The first-order valence-electron chi connectivity index (χ1n) is 5.56. The fourth-order valence-corrected chi connectivity index (χ4v) is 1.64. The minimum Gasteiger partial charge on any atom is -0.319 e. The molecule has 4 N–H and O–H groups in total. The number of anilines is 2. The summed E-state index contributed by atoms with van der Waals surface area (Å²) in [5, 5.41) is 17.4. The average molecular weight is 276 g/mol. The predicted octanol–water partition coefficient (Wildman–Crippen LogP) is 0.866. The van der Waals surface area contributed by atoms with Crippen molar-refractivity contribution >= 4 is 23.0 Å². The fourth-order valence-electron chi connectivity index (χ4n) is 1.64. The van der Waals surface area contributed by atoms with E-state index >= 15 is 0 Å². The van der Waals surface area contributed by atoms with Crippen LogP contribution in [0.1, 0.15) is 10.4 Å². The van der Waals surface area contributed by atoms with Crippen molar-refractivity contribution < 1.29 is 9.72 Å². The van der Waals surface area contributed by atoms with Crippen molar-refractivity contribution in [2.24, 2.45) is 12.9 Å². The summed E-state index contributed by atoms with van der Waals surface area (Å²) in [6.45, 7) is 0. The van der Waals surface area contributed by atoms with Gasteiger partial charge in [-0.1, -0.05) is 0 Å². The molecule has 104 valence electrons. The number of nitrogens with one attached hydrogen (secondary N) is 2. The zero-order valence-corrected chi connectivity index (χ0v) is 10.5. The van der Waals surface area contributed by atoms with Crippen LogP contribution in [0.4, 0.5) is 17.1 Å². The van der Waals surface area contributed by atoms with E-state index in [1.54, 1.807) is 13.2 Å². The lowest BCUT2D eigenvalue weighted by Gasteiger charge is -2.05. The standard InChI is InChI=1S/C11H12N6O3/c1-16-6-8(5-13-16)14-11(18)7-2-3-9(15-12)10(4-7)17(19)20/h2-6,15H,12H2,1H3,(H,14,18). The van der Waals surface area contributed by atoms with Gasteiger partial charge in [-0.05, 0) is 12.1 Å². The van der Waals surface area contributed by atoms with Crippen molar-refractivity contribution in [1.82, 2.24) is 9.78 Å². The van der Waals surface area contributed by atoms with Crippen molar-refractivity contribution in [2.75, 3.05) is 10.7 Å². The zero-order chi connectivity index (χ0) is 14.7. The number of aromatic nitrogens is 2. The highest BCUT2D eigenvalue weighted by molar-refractivity contribution is 6.05. The number of carbonyl (C=O) groups is 1. The molecule has 1 heterocycles. The topological polar surface area (TPSA) is 128 Å². The van der Waals surface area contributed by atoms with E-state index in [-0.39, 0.29) is 16.9 Å². The molecule has 0 aliphatic heterocycles. The molecule has 2 aromatic rings. The van der Waals surface area contributed by atoms with Crippen LogP contribution in [0, 0.1) is 10.1 Å². The summed E-state index contributed by atoms with van der Waals surface area (Å²) < 4.78 is 1.53. The molecular formula is C11H12N6O3. The first-order valence-corrected chi connectivity index (χ1v) is 5.56. The van der Waals surface area contributed by atoms with Gasteiger partial charge in [0.15, 0.2) is 0 Å². The first-order chi connectivity index (χ1) is 9.51. The molecule has 0 saturated carbocycles. The van der Waals surface area contributed by atoms with Gasteiger partial charge in [-0.25, -0.2) is 0 Å². The molecule has 2 rings (SSSR count). The van der Waals surface area contributed by atoms with Crippen molar-refractivity contribution in [3.8, 4) is 0 Å². The highest BCUT2D eigenvalue weighted by Gasteiger charge is 2.17. The molecule has 0 radical (unpaired) electrons. The van der Waals surface area contributed by atoms with Gasteiger partial charge in [0.25, 0.3) is 11.6 Å². The number of nitrogens with zero attached hydrogens (tertiary/aromatic N) is 3. The van der Waals surface area contributed by atoms with E-state index in [0.717, 1.165) is 6.07 Å². The van der Waals surface area contributed by atoms with E-state index in [2.05, 4.69) is 15.8 Å². The van der Waals surface area contributed by atoms with Crippen LogP contribution in [0.15, 0.2) is 30.6 Å². The Morgan fingerprint density at radius 2 is 2.25 bits per heavy atom. The van der Waals surface area contributed by atoms with Crippen LogP contribution >= 0.6 is 0 Å². The number of nitrogen functional groups attached to an aromatic ring is 1. The maximum atomic E-state index is 12.0. The molecule has 0 bridgehead atoms. The third-order valence-corrected chi connectivity index (χ3v) is 2.57. The Morgan fingerprint density at radius 1 is 1.50 bits per heavy atom. The number of hydrazine groups is 1. The molecule has 0 aliphatic carbocycles. The molecule has 0 atom stereocenters. The second kappa shape index (κ2) is 5.36. The highest BCUT2D eigenvalue weighted by atomic mass is 16.6. The smallest absolute Gasteiger partial charge is 0.294 e. The molecular weight excluding hydrogens is 264 g/mol. The maximum Gasteiger partial charge on any atom is 0.294 e. The second-order valence-electron chi connectivity index (χ2n) is 3.99. The van der Waals surface area contributed by atoms with Crippen LogP contribution < -0.4 is 16.6 Å². The van der Waals surface area contributed by atoms with Crippen LogP contribution in [0.3, 0.4) is 0 Å². The molecule has 9 heteroatoms. The molecule has 0 unspecified atom stereocenters. The zero-order valence-electron chi connectivity index (χ0n) is 10.5. The molecule has 0 aliphatic rings. The third-order valence-electron chi connectivity index (χ3n) is 2.57. The first kappa shape index (κ1) is 13.5. The molecule has 0 saturated heterocycles. The number of rotatable bonds is 4. The Labute approximate surface area is 113 Å². The van der Waals surface area contributed by atoms with Gasteiger partial charge in [-0.3, -0.25) is 25.4 Å². The van der Waals surface area contributed by atoms with E-state index in [1.165, 1.54) is 23.0 Å². The van der Waals surface area contributed by atoms with Gasteiger partial charge in [0.1, 0.15) is 5.69 Å². The Morgan fingerprint density at radius 3 is 2.80 bits per heavy atom. The molecule has 1 amide bonds. The van der Waals surface area contributed by atoms with Crippen molar-refractivity contribution in [2.45, 2.75) is 0 Å². The third kappa shape index (κ3) is 2.72. The highest BCUT2D eigenvalue weighted by Crippen LogP contribution is 2.25. The molecule has 1 aromatic heterocycles. The van der Waals surface area contributed by atoms with Gasteiger partial charge >= 0.3 is 0 Å². The van der Waals surface area contributed by atoms with Crippen molar-refractivity contribution in [3.63, 3.8) is 0 Å². The normalized spacial score (nSPS) is 10.1. The van der Waals surface area contributed by atoms with Crippen LogP contribution in [0.2, 0.25) is 0 Å². The summed E-state index contributed by atoms with van der Waals surface area (Å²) in [4.78, 5) is 22.2. The van der Waals surface area contributed by atoms with E-state index < -0.39 is 10.8 Å². The summed E-state index contributed by atoms with van der Waals surface area (Å²) in [6, 6.07) is 3.96. The average Bonchev–Trinajstić information content (AvgIpc) is 2.83. The van der Waals surface area contributed by atoms with Crippen LogP contribution in [-0.4, -0.2) is 20.6 Å². The van der Waals surface area contributed by atoms with Gasteiger partial charge < -0.3 is 10.7 Å².